The Bertz CT molecular complexity index is 1280. The van der Waals surface area contributed by atoms with E-state index in [2.05, 4.69) is 5.43 Å². The fourth-order valence-corrected chi connectivity index (χ4v) is 5.89. The van der Waals surface area contributed by atoms with E-state index in [1.165, 1.54) is 14.2 Å². The summed E-state index contributed by atoms with van der Waals surface area (Å²) in [6.45, 7) is 0. The highest BCUT2D eigenvalue weighted by Crippen LogP contribution is 2.70. The van der Waals surface area contributed by atoms with Crippen molar-refractivity contribution in [2.24, 2.45) is 11.8 Å². The Morgan fingerprint density at radius 2 is 1.64 bits per heavy atom. The molecule has 2 aliphatic rings. The molecule has 188 valence electrons. The fraction of sp³-hybridized carbons (Fsp3) is 0.296. The van der Waals surface area contributed by atoms with Gasteiger partial charge in [0.2, 0.25) is 5.91 Å². The van der Waals surface area contributed by atoms with Crippen molar-refractivity contribution >= 4 is 5.91 Å². The van der Waals surface area contributed by atoms with Crippen molar-refractivity contribution in [3.05, 3.63) is 83.4 Å². The van der Waals surface area contributed by atoms with Gasteiger partial charge in [0.1, 0.15) is 29.1 Å². The van der Waals surface area contributed by atoms with Gasteiger partial charge >= 0.3 is 0 Å². The molecule has 0 saturated heterocycles. The summed E-state index contributed by atoms with van der Waals surface area (Å²) in [5.74, 6) is 4.49. The molecule has 1 aliphatic heterocycles. The van der Waals surface area contributed by atoms with Gasteiger partial charge in [-0.15, -0.1) is 0 Å². The highest BCUT2D eigenvalue weighted by atomic mass is 16.5. The molecule has 1 fully saturated rings. The minimum absolute atomic E-state index is 0.224. The summed E-state index contributed by atoms with van der Waals surface area (Å²) in [5, 5.41) is 24.5. The fourth-order valence-electron chi connectivity index (χ4n) is 5.89. The van der Waals surface area contributed by atoms with Gasteiger partial charge in [-0.05, 0) is 23.3 Å². The molecule has 9 nitrogen and oxygen atoms in total. The molecule has 9 heteroatoms. The lowest BCUT2D eigenvalue weighted by Crippen LogP contribution is -2.52. The average molecular weight is 493 g/mol. The Kier molecular flexibility index (Phi) is 5.78. The van der Waals surface area contributed by atoms with Crippen LogP contribution in [0.4, 0.5) is 0 Å². The zero-order valence-electron chi connectivity index (χ0n) is 20.1. The van der Waals surface area contributed by atoms with Gasteiger partial charge in [0.25, 0.3) is 0 Å². The number of methoxy groups -OCH3 is 3. The second-order valence-corrected chi connectivity index (χ2v) is 8.90. The quantitative estimate of drug-likeness (QED) is 0.233. The predicted molar refractivity (Wildman–Crippen MR) is 130 cm³/mol. The highest BCUT2D eigenvalue weighted by Gasteiger charge is 2.78. The number of nitrogens with two attached hydrogens (primary N) is 1. The van der Waals surface area contributed by atoms with E-state index in [1.54, 1.807) is 43.5 Å². The second-order valence-electron chi connectivity index (χ2n) is 8.90. The Hall–Kier alpha value is -3.79. The van der Waals surface area contributed by atoms with E-state index in [0.717, 1.165) is 0 Å². The van der Waals surface area contributed by atoms with Gasteiger partial charge in [0, 0.05) is 18.1 Å². The minimum atomic E-state index is -2.10. The van der Waals surface area contributed by atoms with Gasteiger partial charge in [-0.3, -0.25) is 10.2 Å². The van der Waals surface area contributed by atoms with Gasteiger partial charge < -0.3 is 29.2 Å². The SMILES string of the molecule is COc1ccc([C@@]23Oc4cc(OC)cc(OC)c4[C@]2(O)[C@H](O)[C@H](C(=O)NN)[C@H]3c2ccccc2)cc1. The molecule has 0 aromatic heterocycles. The molecule has 0 unspecified atom stereocenters. The number of benzene rings is 3. The van der Waals surface area contributed by atoms with Crippen LogP contribution in [0.15, 0.2) is 66.7 Å². The van der Waals surface area contributed by atoms with Crippen LogP contribution in [0, 0.1) is 5.92 Å². The molecule has 0 spiro atoms. The molecule has 3 aromatic carbocycles. The van der Waals surface area contributed by atoms with Crippen molar-refractivity contribution in [2.75, 3.05) is 21.3 Å². The van der Waals surface area contributed by atoms with Crippen LogP contribution in [0.5, 0.6) is 23.0 Å². The van der Waals surface area contributed by atoms with Gasteiger partial charge in [0.05, 0.1) is 32.8 Å². The van der Waals surface area contributed by atoms with E-state index in [-0.39, 0.29) is 17.1 Å². The molecular formula is C27H28N2O7. The number of carbonyl (C=O) groups excluding carboxylic acids is 1. The number of aliphatic hydroxyl groups is 2. The molecule has 5 atom stereocenters. The lowest BCUT2D eigenvalue weighted by molar-refractivity contribution is -0.154. The summed E-state index contributed by atoms with van der Waals surface area (Å²) in [5.41, 5.74) is -0.148. The van der Waals surface area contributed by atoms with Crippen molar-refractivity contribution in [1.82, 2.24) is 5.43 Å². The molecular weight excluding hydrogens is 464 g/mol. The normalized spacial score (nSPS) is 28.0. The number of ether oxygens (including phenoxy) is 4. The second kappa shape index (κ2) is 8.70. The molecule has 1 aliphatic carbocycles. The summed E-state index contributed by atoms with van der Waals surface area (Å²) in [4.78, 5) is 13.2. The van der Waals surface area contributed by atoms with Crippen molar-refractivity contribution in [2.45, 2.75) is 23.2 Å². The number of nitrogens with one attached hydrogen (secondary N) is 1. The van der Waals surface area contributed by atoms with Crippen LogP contribution in [0.3, 0.4) is 0 Å². The number of carbonyl (C=O) groups is 1. The molecule has 36 heavy (non-hydrogen) atoms. The van der Waals surface area contributed by atoms with Crippen molar-refractivity contribution in [3.63, 3.8) is 0 Å². The van der Waals surface area contributed by atoms with E-state index < -0.39 is 35.0 Å². The van der Waals surface area contributed by atoms with Crippen LogP contribution < -0.4 is 30.2 Å². The number of hydrogen-bond donors (Lipinski definition) is 4. The van der Waals surface area contributed by atoms with Crippen molar-refractivity contribution < 1.29 is 34.0 Å². The van der Waals surface area contributed by atoms with Crippen LogP contribution in [0.2, 0.25) is 0 Å². The number of fused-ring (bicyclic) bond motifs is 3. The Morgan fingerprint density at radius 3 is 2.22 bits per heavy atom. The van der Waals surface area contributed by atoms with E-state index in [4.69, 9.17) is 24.8 Å². The Balaban J connectivity index is 1.88. The zero-order valence-corrected chi connectivity index (χ0v) is 20.1. The first-order valence-electron chi connectivity index (χ1n) is 11.4. The first-order chi connectivity index (χ1) is 17.4. The summed E-state index contributed by atoms with van der Waals surface area (Å²) in [7, 11) is 4.51. The van der Waals surface area contributed by atoms with Crippen molar-refractivity contribution in [3.8, 4) is 23.0 Å². The molecule has 1 saturated carbocycles. The van der Waals surface area contributed by atoms with E-state index in [9.17, 15) is 15.0 Å². The molecule has 1 heterocycles. The van der Waals surface area contributed by atoms with E-state index in [0.29, 0.717) is 22.6 Å². The third-order valence-corrected chi connectivity index (χ3v) is 7.40. The van der Waals surface area contributed by atoms with Crippen LogP contribution in [-0.4, -0.2) is 43.6 Å². The van der Waals surface area contributed by atoms with Crippen LogP contribution >= 0.6 is 0 Å². The lowest BCUT2D eigenvalue weighted by atomic mass is 9.70. The summed E-state index contributed by atoms with van der Waals surface area (Å²) in [6, 6.07) is 19.4. The predicted octanol–water partition coefficient (Wildman–Crippen LogP) is 1.95. The summed E-state index contributed by atoms with van der Waals surface area (Å²) in [6.07, 6.45) is -1.61. The molecule has 0 radical (unpaired) electrons. The summed E-state index contributed by atoms with van der Waals surface area (Å²) >= 11 is 0. The maximum Gasteiger partial charge on any atom is 0.240 e. The summed E-state index contributed by atoms with van der Waals surface area (Å²) < 4.78 is 23.1. The maximum atomic E-state index is 13.2. The third kappa shape index (κ3) is 3.03. The number of aliphatic hydroxyl groups excluding tert-OH is 1. The minimum Gasteiger partial charge on any atom is -0.497 e. The van der Waals surface area contributed by atoms with Gasteiger partial charge in [-0.1, -0.05) is 42.5 Å². The van der Waals surface area contributed by atoms with Crippen LogP contribution in [-0.2, 0) is 16.0 Å². The number of amides is 1. The first-order valence-corrected chi connectivity index (χ1v) is 11.4. The standard InChI is InChI=1S/C27H28N2O7/c1-33-17-11-9-16(10-12-17)27-22(15-7-5-4-6-8-15)21(25(31)29-28)24(30)26(27,32)23-19(35-3)13-18(34-2)14-20(23)36-27/h4-14,21-22,24,30,32H,28H2,1-3H3,(H,29,31)/t21-,22-,24-,26+,27+/m1/s1. The Labute approximate surface area is 208 Å². The third-order valence-electron chi connectivity index (χ3n) is 7.40. The molecule has 5 N–H and O–H groups in total. The van der Waals surface area contributed by atoms with E-state index in [1.807, 2.05) is 30.3 Å². The number of hydrazine groups is 1. The zero-order chi connectivity index (χ0) is 25.7. The van der Waals surface area contributed by atoms with E-state index >= 15 is 0 Å². The van der Waals surface area contributed by atoms with Gasteiger partial charge in [-0.25, -0.2) is 5.84 Å². The monoisotopic (exact) mass is 492 g/mol. The van der Waals surface area contributed by atoms with Gasteiger partial charge in [-0.2, -0.15) is 0 Å². The average Bonchev–Trinajstić information content (AvgIpc) is 3.30. The molecule has 1 amide bonds. The highest BCUT2D eigenvalue weighted by molar-refractivity contribution is 5.82. The number of hydrogen-bond acceptors (Lipinski definition) is 8. The number of rotatable bonds is 6. The topological polar surface area (TPSA) is 133 Å². The molecule has 5 rings (SSSR count). The molecule has 3 aromatic rings. The Morgan fingerprint density at radius 1 is 0.972 bits per heavy atom. The smallest absolute Gasteiger partial charge is 0.240 e. The first kappa shape index (κ1) is 23.9. The molecule has 0 bridgehead atoms. The van der Waals surface area contributed by atoms with Gasteiger partial charge in [0.15, 0.2) is 11.2 Å². The van der Waals surface area contributed by atoms with Crippen LogP contribution in [0.1, 0.15) is 22.6 Å². The lowest BCUT2D eigenvalue weighted by Gasteiger charge is -2.40. The maximum absolute atomic E-state index is 13.2. The van der Waals surface area contributed by atoms with Crippen molar-refractivity contribution in [1.29, 1.82) is 0 Å². The van der Waals surface area contributed by atoms with Crippen LogP contribution in [0.25, 0.3) is 0 Å². The largest absolute Gasteiger partial charge is 0.497 e.